The van der Waals surface area contributed by atoms with Gasteiger partial charge in [0.25, 0.3) is 0 Å². The van der Waals surface area contributed by atoms with E-state index in [1.807, 2.05) is 0 Å². The molecule has 1 aromatic rings. The standard InChI is InChI=1S/C19H22F5NO3S/c20-29(21,22,23,24)16-3-1-13(2-4-16)14-5-7-25(8-6-14)18(27)15-9-19(10-15)11-17(26)28-12-19/h1-4,14-15H,5-12H2. The number of ether oxygens (including phenoxy) is 1. The van der Waals surface area contributed by atoms with Crippen molar-refractivity contribution in [2.45, 2.75) is 42.9 Å². The summed E-state index contributed by atoms with van der Waals surface area (Å²) >= 11 is 0. The molecule has 4 rings (SSSR count). The highest BCUT2D eigenvalue weighted by atomic mass is 32.5. The Hall–Kier alpha value is -1.84. The summed E-state index contributed by atoms with van der Waals surface area (Å²) in [5.74, 6) is -0.351. The van der Waals surface area contributed by atoms with Crippen LogP contribution in [0.5, 0.6) is 0 Å². The Labute approximate surface area is 165 Å². The molecule has 2 heterocycles. The van der Waals surface area contributed by atoms with E-state index in [1.165, 1.54) is 0 Å². The number of esters is 1. The average molecular weight is 439 g/mol. The van der Waals surface area contributed by atoms with Gasteiger partial charge in [-0.15, -0.1) is 0 Å². The quantitative estimate of drug-likeness (QED) is 0.469. The Balaban J connectivity index is 1.32. The van der Waals surface area contributed by atoms with Crippen LogP contribution in [0.1, 0.15) is 43.6 Å². The number of hydrogen-bond donors (Lipinski definition) is 0. The zero-order chi connectivity index (χ0) is 21.1. The molecule has 1 spiro atoms. The largest absolute Gasteiger partial charge is 0.465 e. The first-order valence-corrected chi connectivity index (χ1v) is 11.5. The third kappa shape index (κ3) is 4.08. The van der Waals surface area contributed by atoms with Gasteiger partial charge in [0.15, 0.2) is 0 Å². The zero-order valence-electron chi connectivity index (χ0n) is 15.6. The van der Waals surface area contributed by atoms with Crippen molar-refractivity contribution in [1.29, 1.82) is 0 Å². The first-order chi connectivity index (χ1) is 13.2. The first kappa shape index (κ1) is 20.4. The van der Waals surface area contributed by atoms with E-state index in [0.717, 1.165) is 12.1 Å². The van der Waals surface area contributed by atoms with Crippen molar-refractivity contribution in [1.82, 2.24) is 4.90 Å². The monoisotopic (exact) mass is 439 g/mol. The number of benzene rings is 1. The van der Waals surface area contributed by atoms with Crippen molar-refractivity contribution in [3.8, 4) is 0 Å². The van der Waals surface area contributed by atoms with Crippen LogP contribution in [0.3, 0.4) is 0 Å². The fourth-order valence-corrected chi connectivity index (χ4v) is 5.40. The van der Waals surface area contributed by atoms with E-state index in [0.29, 0.717) is 69.5 Å². The summed E-state index contributed by atoms with van der Waals surface area (Å²) in [6.07, 6.45) is 2.80. The van der Waals surface area contributed by atoms with Crippen LogP contribution in [0.4, 0.5) is 19.4 Å². The molecular weight excluding hydrogens is 417 g/mol. The van der Waals surface area contributed by atoms with E-state index in [4.69, 9.17) is 4.74 Å². The second-order valence-corrected chi connectivity index (χ2v) is 11.0. The number of amides is 1. The molecule has 3 aliphatic rings. The molecule has 2 aliphatic heterocycles. The number of halogens is 5. The predicted octanol–water partition coefficient (Wildman–Crippen LogP) is 5.39. The second kappa shape index (κ2) is 5.86. The van der Waals surface area contributed by atoms with Gasteiger partial charge in [0.1, 0.15) is 4.90 Å². The molecule has 0 bridgehead atoms. The molecule has 2 saturated heterocycles. The van der Waals surface area contributed by atoms with Gasteiger partial charge in [-0.1, -0.05) is 31.6 Å². The Morgan fingerprint density at radius 2 is 1.62 bits per heavy atom. The normalized spacial score (nSPS) is 30.4. The number of nitrogens with zero attached hydrogens (tertiary/aromatic N) is 1. The molecule has 1 saturated carbocycles. The van der Waals surface area contributed by atoms with Gasteiger partial charge in [-0.3, -0.25) is 9.59 Å². The maximum absolute atomic E-state index is 12.8. The third-order valence-corrected chi connectivity index (χ3v) is 7.53. The summed E-state index contributed by atoms with van der Waals surface area (Å²) < 4.78 is 69.2. The Morgan fingerprint density at radius 1 is 1.03 bits per heavy atom. The molecule has 162 valence electrons. The lowest BCUT2D eigenvalue weighted by Gasteiger charge is -2.45. The Morgan fingerprint density at radius 3 is 2.10 bits per heavy atom. The van der Waals surface area contributed by atoms with Crippen LogP contribution in [0.15, 0.2) is 29.2 Å². The minimum Gasteiger partial charge on any atom is -0.465 e. The lowest BCUT2D eigenvalue weighted by atomic mass is 9.61. The molecule has 1 aliphatic carbocycles. The third-order valence-electron chi connectivity index (χ3n) is 6.37. The lowest BCUT2D eigenvalue weighted by molar-refractivity contribution is -0.144. The second-order valence-electron chi connectivity index (χ2n) is 8.58. The molecule has 1 aromatic carbocycles. The van der Waals surface area contributed by atoms with Crippen LogP contribution < -0.4 is 0 Å². The van der Waals surface area contributed by atoms with E-state index in [-0.39, 0.29) is 29.1 Å². The van der Waals surface area contributed by atoms with E-state index >= 15 is 0 Å². The SMILES string of the molecule is O=C1CC2(CO1)CC(C(=O)N1CCC(c3ccc(S(F)(F)(F)(F)F)cc3)CC1)C2. The highest BCUT2D eigenvalue weighted by Gasteiger charge is 2.65. The molecule has 0 aromatic heterocycles. The molecule has 0 atom stereocenters. The van der Waals surface area contributed by atoms with E-state index in [1.54, 1.807) is 4.90 Å². The Bertz CT molecular complexity index is 842. The first-order valence-electron chi connectivity index (χ1n) is 9.53. The minimum absolute atomic E-state index is 0.0460. The summed E-state index contributed by atoms with van der Waals surface area (Å²) in [6.45, 7) is 1.34. The molecule has 10 heteroatoms. The van der Waals surface area contributed by atoms with Crippen LogP contribution in [-0.4, -0.2) is 36.5 Å². The van der Waals surface area contributed by atoms with Crippen LogP contribution in [0.2, 0.25) is 0 Å². The van der Waals surface area contributed by atoms with Gasteiger partial charge in [0.2, 0.25) is 5.91 Å². The number of cyclic esters (lactones) is 1. The van der Waals surface area contributed by atoms with Gasteiger partial charge in [-0.2, -0.15) is 0 Å². The maximum atomic E-state index is 12.8. The van der Waals surface area contributed by atoms with Crippen LogP contribution in [0, 0.1) is 11.3 Å². The van der Waals surface area contributed by atoms with Crippen LogP contribution in [0.25, 0.3) is 0 Å². The summed E-state index contributed by atoms with van der Waals surface area (Å²) in [5, 5.41) is 0. The zero-order valence-corrected chi connectivity index (χ0v) is 16.4. The smallest absolute Gasteiger partial charge is 0.310 e. The molecule has 1 amide bonds. The fourth-order valence-electron chi connectivity index (χ4n) is 4.75. The lowest BCUT2D eigenvalue weighted by Crippen LogP contribution is -2.49. The summed E-state index contributed by atoms with van der Waals surface area (Å²) in [4.78, 5) is 23.8. The molecule has 29 heavy (non-hydrogen) atoms. The van der Waals surface area contributed by atoms with E-state index in [9.17, 15) is 29.0 Å². The summed E-state index contributed by atoms with van der Waals surface area (Å²) in [7, 11) is -9.65. The topological polar surface area (TPSA) is 46.6 Å². The van der Waals surface area contributed by atoms with Crippen molar-refractivity contribution in [3.05, 3.63) is 29.8 Å². The van der Waals surface area contributed by atoms with Gasteiger partial charge in [-0.25, -0.2) is 0 Å². The highest BCUT2D eigenvalue weighted by Crippen LogP contribution is 3.02. The number of carbonyl (C=O) groups is 2. The van der Waals surface area contributed by atoms with Crippen molar-refractivity contribution in [3.63, 3.8) is 0 Å². The summed E-state index contributed by atoms with van der Waals surface area (Å²) in [5.41, 5.74) is 0.396. The van der Waals surface area contributed by atoms with Crippen LogP contribution >= 0.6 is 10.2 Å². The number of likely N-dealkylation sites (tertiary alicyclic amines) is 1. The molecular formula is C19H22F5NO3S. The van der Waals surface area contributed by atoms with Gasteiger partial charge >= 0.3 is 16.2 Å². The van der Waals surface area contributed by atoms with Gasteiger partial charge in [0.05, 0.1) is 13.0 Å². The molecule has 4 nitrogen and oxygen atoms in total. The number of rotatable bonds is 3. The minimum atomic E-state index is -9.65. The predicted molar refractivity (Wildman–Crippen MR) is 97.1 cm³/mol. The molecule has 0 unspecified atom stereocenters. The van der Waals surface area contributed by atoms with Gasteiger partial charge in [-0.05, 0) is 49.3 Å². The van der Waals surface area contributed by atoms with Crippen molar-refractivity contribution >= 4 is 22.1 Å². The fraction of sp³-hybridized carbons (Fsp3) is 0.579. The number of carbonyl (C=O) groups excluding carboxylic acids is 2. The maximum Gasteiger partial charge on any atom is 0.310 e. The Kier molecular flexibility index (Phi) is 4.13. The molecule has 0 radical (unpaired) electrons. The number of hydrogen-bond acceptors (Lipinski definition) is 3. The van der Waals surface area contributed by atoms with E-state index < -0.39 is 15.1 Å². The molecule has 0 N–H and O–H groups in total. The van der Waals surface area contributed by atoms with Crippen molar-refractivity contribution < 1.29 is 33.8 Å². The van der Waals surface area contributed by atoms with E-state index in [2.05, 4.69) is 0 Å². The highest BCUT2D eigenvalue weighted by molar-refractivity contribution is 8.45. The van der Waals surface area contributed by atoms with Crippen LogP contribution in [-0.2, 0) is 14.3 Å². The van der Waals surface area contributed by atoms with Crippen molar-refractivity contribution in [2.75, 3.05) is 19.7 Å². The summed E-state index contributed by atoms with van der Waals surface area (Å²) in [6, 6.07) is 3.13. The average Bonchev–Trinajstić information content (AvgIpc) is 3.00. The van der Waals surface area contributed by atoms with Gasteiger partial charge < -0.3 is 9.64 Å². The number of piperidine rings is 1. The molecule has 3 fully saturated rings. The van der Waals surface area contributed by atoms with Gasteiger partial charge in [0, 0.05) is 24.4 Å². The van der Waals surface area contributed by atoms with Crippen molar-refractivity contribution in [2.24, 2.45) is 11.3 Å².